The van der Waals surface area contributed by atoms with Crippen molar-refractivity contribution >= 4 is 5.91 Å². The zero-order chi connectivity index (χ0) is 17.7. The fourth-order valence-corrected chi connectivity index (χ4v) is 3.11. The molecule has 0 aliphatic carbocycles. The van der Waals surface area contributed by atoms with Gasteiger partial charge in [-0.3, -0.25) is 4.79 Å². The highest BCUT2D eigenvalue weighted by Crippen LogP contribution is 2.20. The number of carbonyl (C=O) groups is 1. The second kappa shape index (κ2) is 7.67. The predicted octanol–water partition coefficient (Wildman–Crippen LogP) is 3.40. The minimum atomic E-state index is -0.320. The van der Waals surface area contributed by atoms with Gasteiger partial charge in [-0.05, 0) is 38.3 Å². The van der Waals surface area contributed by atoms with Crippen molar-refractivity contribution < 1.29 is 4.79 Å². The molecule has 4 heteroatoms. The Kier molecular flexibility index (Phi) is 5.84. The molecule has 4 nitrogen and oxygen atoms in total. The molecule has 0 bridgehead atoms. The molecule has 0 fully saturated rings. The lowest BCUT2D eigenvalue weighted by Crippen LogP contribution is -2.52. The van der Waals surface area contributed by atoms with Gasteiger partial charge >= 0.3 is 0 Å². The number of nitrogens with one attached hydrogen (secondary N) is 1. The van der Waals surface area contributed by atoms with E-state index >= 15 is 0 Å². The van der Waals surface area contributed by atoms with Gasteiger partial charge in [-0.1, -0.05) is 44.2 Å². The molecule has 0 unspecified atom stereocenters. The largest absolute Gasteiger partial charge is 0.345 e. The van der Waals surface area contributed by atoms with Crippen molar-refractivity contribution in [1.29, 1.82) is 0 Å². The molecule has 0 saturated heterocycles. The number of nitrogens with zero attached hydrogens (tertiary/aromatic N) is 1. The van der Waals surface area contributed by atoms with E-state index in [0.29, 0.717) is 6.54 Å². The number of nitrogens with two attached hydrogens (primary N) is 1. The van der Waals surface area contributed by atoms with Crippen molar-refractivity contribution in [3.05, 3.63) is 58.9 Å². The van der Waals surface area contributed by atoms with E-state index in [1.807, 2.05) is 38.1 Å². The summed E-state index contributed by atoms with van der Waals surface area (Å²) >= 11 is 0. The van der Waals surface area contributed by atoms with Crippen molar-refractivity contribution in [1.82, 2.24) is 9.88 Å². The van der Waals surface area contributed by atoms with Crippen molar-refractivity contribution in [2.45, 2.75) is 52.6 Å². The van der Waals surface area contributed by atoms with E-state index in [-0.39, 0.29) is 11.4 Å². The van der Waals surface area contributed by atoms with Crippen molar-refractivity contribution in [3.8, 4) is 0 Å². The molecule has 0 spiro atoms. The summed E-state index contributed by atoms with van der Waals surface area (Å²) in [7, 11) is 0. The molecule has 0 radical (unpaired) electrons. The summed E-state index contributed by atoms with van der Waals surface area (Å²) in [5.41, 5.74) is 9.64. The third-order valence-corrected chi connectivity index (χ3v) is 5.12. The van der Waals surface area contributed by atoms with Crippen LogP contribution in [0.1, 0.15) is 54.0 Å². The van der Waals surface area contributed by atoms with Crippen LogP contribution in [-0.2, 0) is 6.54 Å². The Morgan fingerprint density at radius 3 is 2.33 bits per heavy atom. The molecule has 0 aliphatic heterocycles. The first-order valence-electron chi connectivity index (χ1n) is 8.69. The van der Waals surface area contributed by atoms with Gasteiger partial charge in [0.2, 0.25) is 0 Å². The molecule has 130 valence electrons. The second-order valence-corrected chi connectivity index (χ2v) is 6.50. The first-order chi connectivity index (χ1) is 11.5. The van der Waals surface area contributed by atoms with Crippen LogP contribution in [0.15, 0.2) is 36.4 Å². The Morgan fingerprint density at radius 2 is 1.79 bits per heavy atom. The summed E-state index contributed by atoms with van der Waals surface area (Å²) in [5.74, 6) is -0.0310. The van der Waals surface area contributed by atoms with Crippen LogP contribution in [-0.4, -0.2) is 22.6 Å². The molecule has 0 saturated carbocycles. The maximum Gasteiger partial charge on any atom is 0.253 e. The van der Waals surface area contributed by atoms with Gasteiger partial charge in [0.15, 0.2) is 0 Å². The van der Waals surface area contributed by atoms with E-state index in [2.05, 4.69) is 35.9 Å². The number of carbonyl (C=O) groups excluding carboxylic acids is 1. The van der Waals surface area contributed by atoms with E-state index in [4.69, 9.17) is 5.73 Å². The van der Waals surface area contributed by atoms with E-state index in [1.54, 1.807) is 0 Å². The van der Waals surface area contributed by atoms with Crippen LogP contribution in [0.2, 0.25) is 0 Å². The highest BCUT2D eigenvalue weighted by molar-refractivity contribution is 5.96. The number of hydrogen-bond donors (Lipinski definition) is 2. The molecule has 24 heavy (non-hydrogen) atoms. The fraction of sp³-hybridized carbons (Fsp3) is 0.450. The van der Waals surface area contributed by atoms with Crippen LogP contribution < -0.4 is 11.1 Å². The Hall–Kier alpha value is -2.07. The van der Waals surface area contributed by atoms with Crippen molar-refractivity contribution in [2.75, 3.05) is 6.54 Å². The zero-order valence-electron chi connectivity index (χ0n) is 15.2. The monoisotopic (exact) mass is 327 g/mol. The lowest BCUT2D eigenvalue weighted by Gasteiger charge is -2.31. The smallest absolute Gasteiger partial charge is 0.253 e. The third kappa shape index (κ3) is 3.70. The highest BCUT2D eigenvalue weighted by Gasteiger charge is 2.28. The summed E-state index contributed by atoms with van der Waals surface area (Å²) in [6, 6.07) is 12.3. The molecular weight excluding hydrogens is 298 g/mol. The predicted molar refractivity (Wildman–Crippen MR) is 99.3 cm³/mol. The Bertz CT molecular complexity index is 676. The Labute approximate surface area is 145 Å². The van der Waals surface area contributed by atoms with Crippen molar-refractivity contribution in [2.24, 2.45) is 5.73 Å². The molecule has 2 aromatic rings. The summed E-state index contributed by atoms with van der Waals surface area (Å²) < 4.78 is 2.19. The second-order valence-electron chi connectivity index (χ2n) is 6.50. The Balaban J connectivity index is 2.26. The van der Waals surface area contributed by atoms with E-state index < -0.39 is 0 Å². The van der Waals surface area contributed by atoms with Crippen LogP contribution >= 0.6 is 0 Å². The molecule has 0 aliphatic rings. The maximum absolute atomic E-state index is 12.8. The number of rotatable bonds is 7. The maximum atomic E-state index is 12.8. The number of benzene rings is 1. The summed E-state index contributed by atoms with van der Waals surface area (Å²) in [4.78, 5) is 12.8. The minimum absolute atomic E-state index is 0.0310. The standard InChI is InChI=1S/C20H29N3O/c1-5-20(6-2,14-21)22-19(24)18-12-15(3)23(16(18)4)13-17-10-8-7-9-11-17/h7-12H,5-6,13-14,21H2,1-4H3,(H,22,24). The molecular formula is C20H29N3O. The van der Waals surface area contributed by atoms with Gasteiger partial charge in [-0.25, -0.2) is 0 Å². The van der Waals surface area contributed by atoms with Crippen LogP contribution in [0.25, 0.3) is 0 Å². The molecule has 0 atom stereocenters. The number of hydrogen-bond acceptors (Lipinski definition) is 2. The van der Waals surface area contributed by atoms with E-state index in [0.717, 1.165) is 36.3 Å². The highest BCUT2D eigenvalue weighted by atomic mass is 16.1. The van der Waals surface area contributed by atoms with Crippen LogP contribution in [0.4, 0.5) is 0 Å². The zero-order valence-corrected chi connectivity index (χ0v) is 15.2. The first-order valence-corrected chi connectivity index (χ1v) is 8.69. The fourth-order valence-electron chi connectivity index (χ4n) is 3.11. The average Bonchev–Trinajstić information content (AvgIpc) is 2.89. The van der Waals surface area contributed by atoms with E-state index in [9.17, 15) is 4.79 Å². The molecule has 1 amide bonds. The van der Waals surface area contributed by atoms with Gasteiger partial charge in [-0.2, -0.15) is 0 Å². The third-order valence-electron chi connectivity index (χ3n) is 5.12. The lowest BCUT2D eigenvalue weighted by atomic mass is 9.92. The van der Waals surface area contributed by atoms with E-state index in [1.165, 1.54) is 5.56 Å². The van der Waals surface area contributed by atoms with Crippen LogP contribution in [0.3, 0.4) is 0 Å². The molecule has 1 aromatic heterocycles. The summed E-state index contributed by atoms with van der Waals surface area (Å²) in [6.45, 7) is 9.41. The van der Waals surface area contributed by atoms with Crippen molar-refractivity contribution in [3.63, 3.8) is 0 Å². The van der Waals surface area contributed by atoms with Gasteiger partial charge in [-0.15, -0.1) is 0 Å². The topological polar surface area (TPSA) is 60.0 Å². The van der Waals surface area contributed by atoms with Gasteiger partial charge in [0, 0.05) is 24.5 Å². The van der Waals surface area contributed by atoms with Gasteiger partial charge in [0.05, 0.1) is 11.1 Å². The number of aromatic nitrogens is 1. The lowest BCUT2D eigenvalue weighted by molar-refractivity contribution is 0.0894. The Morgan fingerprint density at radius 1 is 1.17 bits per heavy atom. The van der Waals surface area contributed by atoms with Gasteiger partial charge in [0.25, 0.3) is 5.91 Å². The molecule has 2 rings (SSSR count). The first kappa shape index (κ1) is 18.3. The van der Waals surface area contributed by atoms with Crippen LogP contribution in [0.5, 0.6) is 0 Å². The number of amides is 1. The van der Waals surface area contributed by atoms with Gasteiger partial charge in [0.1, 0.15) is 0 Å². The SMILES string of the molecule is CCC(CC)(CN)NC(=O)c1cc(C)n(Cc2ccccc2)c1C. The normalized spacial score (nSPS) is 11.5. The summed E-state index contributed by atoms with van der Waals surface area (Å²) in [5, 5.41) is 3.16. The van der Waals surface area contributed by atoms with Crippen LogP contribution in [0, 0.1) is 13.8 Å². The minimum Gasteiger partial charge on any atom is -0.345 e. The van der Waals surface area contributed by atoms with Gasteiger partial charge < -0.3 is 15.6 Å². The quantitative estimate of drug-likeness (QED) is 0.819. The molecule has 1 heterocycles. The molecule has 3 N–H and O–H groups in total. The summed E-state index contributed by atoms with van der Waals surface area (Å²) in [6.07, 6.45) is 1.66. The molecule has 1 aromatic carbocycles. The average molecular weight is 327 g/mol. The number of aryl methyl sites for hydroxylation is 1.